The number of oxazole rings is 1. The molecule has 9 heteroatoms. The van der Waals surface area contributed by atoms with Crippen molar-refractivity contribution in [2.75, 3.05) is 7.11 Å². The Morgan fingerprint density at radius 3 is 2.77 bits per heavy atom. The van der Waals surface area contributed by atoms with Crippen molar-refractivity contribution in [3.63, 3.8) is 0 Å². The zero-order valence-corrected chi connectivity index (χ0v) is 17.1. The maximum absolute atomic E-state index is 15.0. The highest BCUT2D eigenvalue weighted by Crippen LogP contribution is 2.39. The minimum Gasteiger partial charge on any atom is -0.494 e. The van der Waals surface area contributed by atoms with E-state index in [0.29, 0.717) is 45.7 Å². The number of aromatic nitrogens is 5. The van der Waals surface area contributed by atoms with E-state index in [4.69, 9.17) is 9.15 Å². The van der Waals surface area contributed by atoms with Crippen LogP contribution < -0.4 is 10.5 Å². The first kappa shape index (κ1) is 19.0. The minimum absolute atomic E-state index is 0.324. The molecule has 0 spiro atoms. The van der Waals surface area contributed by atoms with Crippen molar-refractivity contribution in [2.45, 2.75) is 13.5 Å². The number of benzene rings is 2. The molecule has 3 heterocycles. The van der Waals surface area contributed by atoms with Crippen LogP contribution in [-0.2, 0) is 13.6 Å². The van der Waals surface area contributed by atoms with Gasteiger partial charge < -0.3 is 13.7 Å². The molecule has 8 nitrogen and oxygen atoms in total. The maximum atomic E-state index is 15.0. The first-order valence-electron chi connectivity index (χ1n) is 9.66. The lowest BCUT2D eigenvalue weighted by atomic mass is 9.98. The molecule has 0 aliphatic heterocycles. The van der Waals surface area contributed by atoms with E-state index in [0.717, 1.165) is 11.1 Å². The molecule has 0 atom stereocenters. The summed E-state index contributed by atoms with van der Waals surface area (Å²) in [5, 5.41) is 8.29. The van der Waals surface area contributed by atoms with E-state index in [2.05, 4.69) is 15.2 Å². The van der Waals surface area contributed by atoms with Crippen LogP contribution in [0.4, 0.5) is 4.39 Å². The van der Waals surface area contributed by atoms with Crippen molar-refractivity contribution in [3.05, 3.63) is 59.2 Å². The Kier molecular flexibility index (Phi) is 4.32. The molecule has 5 rings (SSSR count). The molecule has 31 heavy (non-hydrogen) atoms. The second kappa shape index (κ2) is 7.05. The molecule has 0 radical (unpaired) electrons. The minimum atomic E-state index is -0.517. The molecule has 0 aliphatic carbocycles. The summed E-state index contributed by atoms with van der Waals surface area (Å²) in [6.07, 6.45) is 3.33. The lowest BCUT2D eigenvalue weighted by molar-refractivity contribution is 0.419. The smallest absolute Gasteiger partial charge is 0.419 e. The molecule has 0 saturated carbocycles. The average molecular weight is 419 g/mol. The standard InChI is InChI=1S/C22H18FN5O3/c1-4-28-11-24-18-15(10-25-26-21(18)28)12-5-7-16(23)14(9-12)13-6-8-17-19(20(13)30-3)27(2)22(29)31-17/h5-11H,4H2,1-3H3. The van der Waals surface area contributed by atoms with Gasteiger partial charge in [0.15, 0.2) is 17.0 Å². The van der Waals surface area contributed by atoms with E-state index in [9.17, 15) is 9.18 Å². The number of nitrogens with zero attached hydrogens (tertiary/aromatic N) is 5. The normalized spacial score (nSPS) is 11.5. The third kappa shape index (κ3) is 2.81. The lowest BCUT2D eigenvalue weighted by Gasteiger charge is -2.12. The number of hydrogen-bond donors (Lipinski definition) is 0. The summed E-state index contributed by atoms with van der Waals surface area (Å²) in [6, 6.07) is 8.11. The topological polar surface area (TPSA) is 88.0 Å². The van der Waals surface area contributed by atoms with E-state index in [1.54, 1.807) is 43.8 Å². The Hall–Kier alpha value is -4.01. The number of methoxy groups -OCH3 is 1. The van der Waals surface area contributed by atoms with Crippen LogP contribution in [0.1, 0.15) is 6.92 Å². The predicted molar refractivity (Wildman–Crippen MR) is 113 cm³/mol. The number of aryl methyl sites for hydroxylation is 2. The first-order chi connectivity index (χ1) is 15.0. The third-order valence-electron chi connectivity index (χ3n) is 5.42. The van der Waals surface area contributed by atoms with Gasteiger partial charge in [-0.3, -0.25) is 4.57 Å². The molecule has 0 N–H and O–H groups in total. The molecule has 0 amide bonds. The third-order valence-corrected chi connectivity index (χ3v) is 5.42. The fraction of sp³-hybridized carbons (Fsp3) is 0.182. The van der Waals surface area contributed by atoms with Gasteiger partial charge in [-0.1, -0.05) is 6.07 Å². The van der Waals surface area contributed by atoms with Crippen LogP contribution in [0, 0.1) is 5.82 Å². The van der Waals surface area contributed by atoms with Gasteiger partial charge in [0, 0.05) is 30.3 Å². The number of hydrogen-bond acceptors (Lipinski definition) is 6. The van der Waals surface area contributed by atoms with Crippen molar-refractivity contribution < 1.29 is 13.5 Å². The Morgan fingerprint density at radius 1 is 1.16 bits per heavy atom. The predicted octanol–water partition coefficient (Wildman–Crippen LogP) is 3.77. The van der Waals surface area contributed by atoms with Crippen LogP contribution >= 0.6 is 0 Å². The van der Waals surface area contributed by atoms with Crippen LogP contribution in [0.5, 0.6) is 5.75 Å². The molecule has 0 saturated heterocycles. The molecule has 0 unspecified atom stereocenters. The second-order valence-electron chi connectivity index (χ2n) is 7.08. The van der Waals surface area contributed by atoms with Crippen molar-refractivity contribution >= 4 is 22.3 Å². The Morgan fingerprint density at radius 2 is 2.00 bits per heavy atom. The number of rotatable bonds is 4. The molecule has 3 aromatic heterocycles. The van der Waals surface area contributed by atoms with E-state index in [1.165, 1.54) is 17.7 Å². The van der Waals surface area contributed by atoms with Gasteiger partial charge in [0.25, 0.3) is 0 Å². The van der Waals surface area contributed by atoms with Crippen molar-refractivity contribution in [2.24, 2.45) is 7.05 Å². The molecule has 2 aromatic carbocycles. The van der Waals surface area contributed by atoms with Crippen LogP contribution in [0.2, 0.25) is 0 Å². The zero-order chi connectivity index (χ0) is 21.7. The highest BCUT2D eigenvalue weighted by atomic mass is 19.1. The Balaban J connectivity index is 1.75. The SMILES string of the molecule is CCn1cnc2c(-c3ccc(F)c(-c4ccc5oc(=O)n(C)c5c4OC)c3)cnnc21. The maximum Gasteiger partial charge on any atom is 0.419 e. The summed E-state index contributed by atoms with van der Waals surface area (Å²) in [6.45, 7) is 2.71. The molecule has 5 aromatic rings. The molecular weight excluding hydrogens is 401 g/mol. The fourth-order valence-corrected chi connectivity index (χ4v) is 3.84. The quantitative estimate of drug-likeness (QED) is 0.441. The van der Waals surface area contributed by atoms with E-state index >= 15 is 0 Å². The first-order valence-corrected chi connectivity index (χ1v) is 9.66. The largest absolute Gasteiger partial charge is 0.494 e. The van der Waals surface area contributed by atoms with E-state index in [1.807, 2.05) is 11.5 Å². The van der Waals surface area contributed by atoms with Gasteiger partial charge in [-0.2, -0.15) is 5.10 Å². The number of fused-ring (bicyclic) bond motifs is 2. The average Bonchev–Trinajstić information content (AvgIpc) is 3.34. The Bertz CT molecular complexity index is 1520. The van der Waals surface area contributed by atoms with Gasteiger partial charge in [-0.25, -0.2) is 14.2 Å². The summed E-state index contributed by atoms with van der Waals surface area (Å²) in [7, 11) is 3.06. The van der Waals surface area contributed by atoms with Gasteiger partial charge in [0.2, 0.25) is 0 Å². The molecular formula is C22H18FN5O3. The number of halogens is 1. The highest BCUT2D eigenvalue weighted by molar-refractivity contribution is 5.93. The van der Waals surface area contributed by atoms with Gasteiger partial charge in [-0.05, 0) is 36.8 Å². The van der Waals surface area contributed by atoms with Crippen LogP contribution in [-0.4, -0.2) is 31.4 Å². The summed E-state index contributed by atoms with van der Waals surface area (Å²) < 4.78 is 29.0. The van der Waals surface area contributed by atoms with Crippen molar-refractivity contribution in [1.29, 1.82) is 0 Å². The molecule has 0 bridgehead atoms. The van der Waals surface area contributed by atoms with E-state index in [-0.39, 0.29) is 0 Å². The monoisotopic (exact) mass is 419 g/mol. The molecule has 0 fully saturated rings. The summed E-state index contributed by atoms with van der Waals surface area (Å²) in [5.74, 6) is -0.584. The summed E-state index contributed by atoms with van der Waals surface area (Å²) in [5.41, 5.74) is 4.49. The highest BCUT2D eigenvalue weighted by Gasteiger charge is 2.20. The van der Waals surface area contributed by atoms with Gasteiger partial charge >= 0.3 is 5.76 Å². The Labute approximate surface area is 175 Å². The van der Waals surface area contributed by atoms with E-state index < -0.39 is 11.6 Å². The van der Waals surface area contributed by atoms with Gasteiger partial charge in [0.1, 0.15) is 16.9 Å². The second-order valence-corrected chi connectivity index (χ2v) is 7.08. The van der Waals surface area contributed by atoms with Crippen molar-refractivity contribution in [1.82, 2.24) is 24.3 Å². The van der Waals surface area contributed by atoms with Crippen molar-refractivity contribution in [3.8, 4) is 28.0 Å². The van der Waals surface area contributed by atoms with Gasteiger partial charge in [-0.15, -0.1) is 5.10 Å². The zero-order valence-electron chi connectivity index (χ0n) is 17.1. The molecule has 156 valence electrons. The summed E-state index contributed by atoms with van der Waals surface area (Å²) in [4.78, 5) is 16.4. The fourth-order valence-electron chi connectivity index (χ4n) is 3.84. The van der Waals surface area contributed by atoms with Crippen LogP contribution in [0.3, 0.4) is 0 Å². The molecule has 0 aliphatic rings. The lowest BCUT2D eigenvalue weighted by Crippen LogP contribution is -2.09. The van der Waals surface area contributed by atoms with Gasteiger partial charge in [0.05, 0.1) is 19.6 Å². The summed E-state index contributed by atoms with van der Waals surface area (Å²) >= 11 is 0. The number of ether oxygens (including phenoxy) is 1. The number of imidazole rings is 1. The van der Waals surface area contributed by atoms with Crippen LogP contribution in [0.15, 0.2) is 52.1 Å². The van der Waals surface area contributed by atoms with Crippen LogP contribution in [0.25, 0.3) is 44.5 Å².